The van der Waals surface area contributed by atoms with Crippen molar-refractivity contribution >= 4 is 0 Å². The second-order valence-corrected chi connectivity index (χ2v) is 9.05. The zero-order chi connectivity index (χ0) is 24.5. The molecule has 2 heterocycles. The van der Waals surface area contributed by atoms with Crippen molar-refractivity contribution in [2.24, 2.45) is 0 Å². The summed E-state index contributed by atoms with van der Waals surface area (Å²) in [4.78, 5) is 2.19. The minimum absolute atomic E-state index is 0.168. The van der Waals surface area contributed by atoms with Gasteiger partial charge in [0, 0.05) is 45.0 Å². The molecule has 4 rings (SSSR count). The molecular formula is C27H35N3O5. The van der Waals surface area contributed by atoms with Gasteiger partial charge in [-0.3, -0.25) is 9.58 Å². The number of rotatable bonds is 11. The van der Waals surface area contributed by atoms with E-state index in [0.29, 0.717) is 32.1 Å². The third-order valence-electron chi connectivity index (χ3n) is 5.95. The van der Waals surface area contributed by atoms with Gasteiger partial charge in [0.25, 0.3) is 0 Å². The van der Waals surface area contributed by atoms with Crippen LogP contribution in [0.5, 0.6) is 17.2 Å². The summed E-state index contributed by atoms with van der Waals surface area (Å²) in [6, 6.07) is 15.7. The molecule has 35 heavy (non-hydrogen) atoms. The fourth-order valence-electron chi connectivity index (χ4n) is 4.10. The van der Waals surface area contributed by atoms with Gasteiger partial charge in [0.05, 0.1) is 26.9 Å². The lowest BCUT2D eigenvalue weighted by Crippen LogP contribution is -2.48. The van der Waals surface area contributed by atoms with Crippen molar-refractivity contribution in [1.29, 1.82) is 0 Å². The summed E-state index contributed by atoms with van der Waals surface area (Å²) in [6.45, 7) is 6.21. The molecule has 1 aromatic heterocycles. The molecule has 1 fully saturated rings. The quantitative estimate of drug-likeness (QED) is 0.421. The molecule has 0 saturated carbocycles. The predicted molar refractivity (Wildman–Crippen MR) is 133 cm³/mol. The van der Waals surface area contributed by atoms with Gasteiger partial charge in [-0.1, -0.05) is 23.8 Å². The summed E-state index contributed by atoms with van der Waals surface area (Å²) < 4.78 is 25.0. The maximum Gasteiger partial charge on any atom is 0.161 e. The summed E-state index contributed by atoms with van der Waals surface area (Å²) >= 11 is 0. The summed E-state index contributed by atoms with van der Waals surface area (Å²) in [5.41, 5.74) is 1.15. The molecule has 0 bridgehead atoms. The van der Waals surface area contributed by atoms with Gasteiger partial charge in [-0.25, -0.2) is 0 Å². The van der Waals surface area contributed by atoms with Gasteiger partial charge in [-0.2, -0.15) is 5.10 Å². The third kappa shape index (κ3) is 7.45. The van der Waals surface area contributed by atoms with E-state index < -0.39 is 5.60 Å². The van der Waals surface area contributed by atoms with Crippen molar-refractivity contribution in [3.63, 3.8) is 0 Å². The minimum atomic E-state index is -1.09. The lowest BCUT2D eigenvalue weighted by atomic mass is 10.1. The molecule has 0 aliphatic carbocycles. The van der Waals surface area contributed by atoms with E-state index in [2.05, 4.69) is 10.00 Å². The second kappa shape index (κ2) is 12.1. The van der Waals surface area contributed by atoms with Crippen LogP contribution in [0.15, 0.2) is 60.9 Å². The average molecular weight is 482 g/mol. The van der Waals surface area contributed by atoms with E-state index in [9.17, 15) is 5.11 Å². The van der Waals surface area contributed by atoms with Crippen LogP contribution in [0.25, 0.3) is 0 Å². The smallest absolute Gasteiger partial charge is 0.161 e. The van der Waals surface area contributed by atoms with Crippen LogP contribution < -0.4 is 14.2 Å². The molecule has 188 valence electrons. The normalized spacial score (nSPS) is 18.7. The van der Waals surface area contributed by atoms with Crippen molar-refractivity contribution in [1.82, 2.24) is 14.7 Å². The maximum atomic E-state index is 11.2. The van der Waals surface area contributed by atoms with E-state index in [4.69, 9.17) is 18.9 Å². The highest BCUT2D eigenvalue weighted by molar-refractivity contribution is 5.43. The monoisotopic (exact) mass is 481 g/mol. The predicted octanol–water partition coefficient (Wildman–Crippen LogP) is 3.31. The van der Waals surface area contributed by atoms with Crippen molar-refractivity contribution in [3.8, 4) is 17.2 Å². The number of ether oxygens (including phenoxy) is 4. The van der Waals surface area contributed by atoms with E-state index >= 15 is 0 Å². The molecule has 1 aliphatic heterocycles. The van der Waals surface area contributed by atoms with E-state index in [1.165, 1.54) is 5.56 Å². The number of aryl methyl sites for hydroxylation is 2. The first-order chi connectivity index (χ1) is 17.0. The Kier molecular flexibility index (Phi) is 8.63. The molecule has 8 heteroatoms. The first kappa shape index (κ1) is 25.0. The van der Waals surface area contributed by atoms with Crippen molar-refractivity contribution < 1.29 is 24.1 Å². The largest absolute Gasteiger partial charge is 0.493 e. The number of hydrogen-bond donors (Lipinski definition) is 1. The molecule has 1 N–H and O–H groups in total. The Morgan fingerprint density at radius 3 is 2.74 bits per heavy atom. The van der Waals surface area contributed by atoms with Crippen molar-refractivity contribution in [2.75, 3.05) is 46.6 Å². The number of benzene rings is 2. The number of nitrogens with zero attached hydrogens (tertiary/aromatic N) is 3. The van der Waals surface area contributed by atoms with Crippen LogP contribution in [0, 0.1) is 6.92 Å². The molecule has 3 aromatic rings. The molecule has 2 aromatic carbocycles. The number of hydrogen-bond acceptors (Lipinski definition) is 7. The van der Waals surface area contributed by atoms with Gasteiger partial charge in [0.1, 0.15) is 18.0 Å². The fraction of sp³-hybridized carbons (Fsp3) is 0.444. The number of aliphatic hydroxyl groups is 1. The van der Waals surface area contributed by atoms with Crippen molar-refractivity contribution in [2.45, 2.75) is 32.0 Å². The molecule has 1 saturated heterocycles. The molecule has 0 amide bonds. The highest BCUT2D eigenvalue weighted by Crippen LogP contribution is 2.29. The van der Waals surface area contributed by atoms with Crippen LogP contribution in [0.3, 0.4) is 0 Å². The van der Waals surface area contributed by atoms with Gasteiger partial charge in [-0.15, -0.1) is 0 Å². The van der Waals surface area contributed by atoms with Gasteiger partial charge in [0.15, 0.2) is 11.5 Å². The SMILES string of the molecule is COc1cc(CN2CCOC[C@@](O)(COc3ccc(C)cc3)C2)ccc1OCCCn1cccn1. The van der Waals surface area contributed by atoms with E-state index in [1.54, 1.807) is 13.3 Å². The zero-order valence-corrected chi connectivity index (χ0v) is 20.6. The van der Waals surface area contributed by atoms with Crippen LogP contribution >= 0.6 is 0 Å². The number of methoxy groups -OCH3 is 1. The third-order valence-corrected chi connectivity index (χ3v) is 5.95. The minimum Gasteiger partial charge on any atom is -0.493 e. The molecule has 0 unspecified atom stereocenters. The molecule has 0 spiro atoms. The average Bonchev–Trinajstić information content (AvgIpc) is 3.31. The van der Waals surface area contributed by atoms with Gasteiger partial charge in [0.2, 0.25) is 0 Å². The topological polar surface area (TPSA) is 78.2 Å². The lowest BCUT2D eigenvalue weighted by Gasteiger charge is -2.30. The van der Waals surface area contributed by atoms with Crippen LogP contribution in [0.2, 0.25) is 0 Å². The summed E-state index contributed by atoms with van der Waals surface area (Å²) in [5, 5.41) is 15.4. The number of β-amino-alcohol motifs (C(OH)–C–C–N with tert-alkyl or cyclic N) is 1. The van der Waals surface area contributed by atoms with Crippen LogP contribution in [-0.4, -0.2) is 72.0 Å². The molecule has 1 aliphatic rings. The highest BCUT2D eigenvalue weighted by atomic mass is 16.5. The van der Waals surface area contributed by atoms with E-state index in [-0.39, 0.29) is 13.2 Å². The van der Waals surface area contributed by atoms with Gasteiger partial charge in [-0.05, 0) is 42.8 Å². The molecule has 8 nitrogen and oxygen atoms in total. The fourth-order valence-corrected chi connectivity index (χ4v) is 4.10. The van der Waals surface area contributed by atoms with Crippen LogP contribution in [0.1, 0.15) is 17.5 Å². The standard InChI is InChI=1S/C27H35N3O5/c1-22-5-8-24(9-6-22)35-21-27(31)19-29(14-16-33-20-27)18-23-7-10-25(26(17-23)32-2)34-15-4-13-30-12-3-11-28-30/h3,5-12,17,31H,4,13-16,18-21H2,1-2H3/t27-/m1/s1. The highest BCUT2D eigenvalue weighted by Gasteiger charge is 2.33. The molecule has 0 radical (unpaired) electrons. The van der Waals surface area contributed by atoms with Gasteiger partial charge < -0.3 is 24.1 Å². The first-order valence-corrected chi connectivity index (χ1v) is 12.0. The van der Waals surface area contributed by atoms with E-state index in [1.807, 2.05) is 66.3 Å². The Labute approximate surface area is 207 Å². The van der Waals surface area contributed by atoms with Crippen LogP contribution in [-0.2, 0) is 17.8 Å². The Bertz CT molecular complexity index is 1040. The Balaban J connectivity index is 1.32. The summed E-state index contributed by atoms with van der Waals surface area (Å²) in [7, 11) is 1.65. The van der Waals surface area contributed by atoms with Crippen molar-refractivity contribution in [3.05, 3.63) is 72.1 Å². The van der Waals surface area contributed by atoms with Gasteiger partial charge >= 0.3 is 0 Å². The number of aromatic nitrogens is 2. The Morgan fingerprint density at radius 2 is 1.97 bits per heavy atom. The Morgan fingerprint density at radius 1 is 1.11 bits per heavy atom. The second-order valence-electron chi connectivity index (χ2n) is 9.05. The van der Waals surface area contributed by atoms with Crippen LogP contribution in [0.4, 0.5) is 0 Å². The summed E-state index contributed by atoms with van der Waals surface area (Å²) in [5.74, 6) is 2.16. The maximum absolute atomic E-state index is 11.2. The molecule has 1 atom stereocenters. The first-order valence-electron chi connectivity index (χ1n) is 12.0. The summed E-state index contributed by atoms with van der Waals surface area (Å²) in [6.07, 6.45) is 4.57. The molecular weight excluding hydrogens is 446 g/mol. The zero-order valence-electron chi connectivity index (χ0n) is 20.6. The van der Waals surface area contributed by atoms with E-state index in [0.717, 1.165) is 36.6 Å². The Hall–Kier alpha value is -3.07. The lowest BCUT2D eigenvalue weighted by molar-refractivity contribution is -0.0646.